The van der Waals surface area contributed by atoms with Crippen molar-refractivity contribution in [2.45, 2.75) is 19.6 Å². The van der Waals surface area contributed by atoms with Crippen LogP contribution in [0.3, 0.4) is 0 Å². The predicted molar refractivity (Wildman–Crippen MR) is 74.9 cm³/mol. The van der Waals surface area contributed by atoms with Gasteiger partial charge in [-0.3, -0.25) is 0 Å². The number of nitrogens with one attached hydrogen (secondary N) is 1. The van der Waals surface area contributed by atoms with E-state index >= 15 is 0 Å². The van der Waals surface area contributed by atoms with Crippen molar-refractivity contribution in [3.63, 3.8) is 0 Å². The smallest absolute Gasteiger partial charge is 0.380 e. The van der Waals surface area contributed by atoms with Crippen LogP contribution in [0.4, 0.5) is 23.2 Å². The molecule has 0 aliphatic heterocycles. The molecule has 0 aromatic heterocycles. The zero-order chi connectivity index (χ0) is 15.6. The van der Waals surface area contributed by atoms with Crippen LogP contribution in [0.5, 0.6) is 0 Å². The Hall–Kier alpha value is -1.75. The fourth-order valence-electron chi connectivity index (χ4n) is 1.88. The van der Waals surface area contributed by atoms with Gasteiger partial charge in [0.15, 0.2) is 0 Å². The molecule has 0 heterocycles. The minimum atomic E-state index is -4.42. The number of benzene rings is 2. The summed E-state index contributed by atoms with van der Waals surface area (Å²) in [6.07, 6.45) is -4.42. The summed E-state index contributed by atoms with van der Waals surface area (Å²) in [6, 6.07) is 7.47. The number of alkyl halides is 3. The Morgan fingerprint density at radius 2 is 1.81 bits per heavy atom. The van der Waals surface area contributed by atoms with Gasteiger partial charge in [-0.2, -0.15) is 13.2 Å². The maximum atomic E-state index is 13.0. The molecular formula is C15H12ClF4N. The molecule has 2 aromatic rings. The molecule has 0 aliphatic carbocycles. The zero-order valence-electron chi connectivity index (χ0n) is 11.1. The van der Waals surface area contributed by atoms with E-state index in [0.29, 0.717) is 12.2 Å². The average molecular weight is 318 g/mol. The summed E-state index contributed by atoms with van der Waals surface area (Å²) in [7, 11) is 0. The standard InChI is InChI=1S/C15H12ClF4N/c1-9-6-12(17)4-2-10(9)8-21-14-5-3-11(7-13(14)16)15(18,19)20/h2-7,21H,8H2,1H3. The van der Waals surface area contributed by atoms with E-state index in [0.717, 1.165) is 23.3 Å². The van der Waals surface area contributed by atoms with Gasteiger partial charge in [0.1, 0.15) is 5.82 Å². The molecule has 0 radical (unpaired) electrons. The molecule has 0 saturated heterocycles. The third kappa shape index (κ3) is 3.88. The van der Waals surface area contributed by atoms with Gasteiger partial charge in [0, 0.05) is 6.54 Å². The van der Waals surface area contributed by atoms with Crippen molar-refractivity contribution in [3.05, 3.63) is 63.9 Å². The molecule has 21 heavy (non-hydrogen) atoms. The second-order valence-corrected chi connectivity index (χ2v) is 5.02. The maximum absolute atomic E-state index is 13.0. The first kappa shape index (κ1) is 15.6. The molecule has 0 aliphatic rings. The predicted octanol–water partition coefficient (Wildman–Crippen LogP) is 5.42. The summed E-state index contributed by atoms with van der Waals surface area (Å²) in [5.41, 5.74) is 1.20. The lowest BCUT2D eigenvalue weighted by molar-refractivity contribution is -0.137. The Morgan fingerprint density at radius 3 is 2.38 bits per heavy atom. The van der Waals surface area contributed by atoms with Gasteiger partial charge in [-0.25, -0.2) is 4.39 Å². The topological polar surface area (TPSA) is 12.0 Å². The maximum Gasteiger partial charge on any atom is 0.416 e. The van der Waals surface area contributed by atoms with Crippen molar-refractivity contribution in [1.29, 1.82) is 0 Å². The minimum absolute atomic E-state index is 0.00964. The first-order valence-electron chi connectivity index (χ1n) is 6.13. The number of hydrogen-bond acceptors (Lipinski definition) is 1. The number of halogens is 5. The van der Waals surface area contributed by atoms with Crippen LogP contribution in [-0.4, -0.2) is 0 Å². The van der Waals surface area contributed by atoms with Crippen LogP contribution in [0.25, 0.3) is 0 Å². The van der Waals surface area contributed by atoms with Gasteiger partial charge < -0.3 is 5.32 Å². The molecule has 0 saturated carbocycles. The molecule has 2 rings (SSSR count). The van der Waals surface area contributed by atoms with E-state index in [4.69, 9.17) is 11.6 Å². The van der Waals surface area contributed by atoms with E-state index in [9.17, 15) is 17.6 Å². The molecule has 2 aromatic carbocycles. The molecule has 0 bridgehead atoms. The molecule has 1 N–H and O–H groups in total. The lowest BCUT2D eigenvalue weighted by Gasteiger charge is -2.13. The van der Waals surface area contributed by atoms with E-state index < -0.39 is 11.7 Å². The zero-order valence-corrected chi connectivity index (χ0v) is 11.8. The Balaban J connectivity index is 2.13. The highest BCUT2D eigenvalue weighted by Gasteiger charge is 2.30. The number of anilines is 1. The van der Waals surface area contributed by atoms with E-state index in [1.165, 1.54) is 18.2 Å². The van der Waals surface area contributed by atoms with Crippen LogP contribution in [-0.2, 0) is 12.7 Å². The first-order chi connectivity index (χ1) is 9.77. The van der Waals surface area contributed by atoms with Gasteiger partial charge in [-0.15, -0.1) is 0 Å². The van der Waals surface area contributed by atoms with Crippen molar-refractivity contribution in [3.8, 4) is 0 Å². The summed E-state index contributed by atoms with van der Waals surface area (Å²) in [5.74, 6) is -0.330. The summed E-state index contributed by atoms with van der Waals surface area (Å²) < 4.78 is 50.6. The summed E-state index contributed by atoms with van der Waals surface area (Å²) in [4.78, 5) is 0. The lowest BCUT2D eigenvalue weighted by Crippen LogP contribution is -2.06. The molecule has 112 valence electrons. The van der Waals surface area contributed by atoms with Crippen molar-refractivity contribution < 1.29 is 17.6 Å². The van der Waals surface area contributed by atoms with Crippen molar-refractivity contribution in [1.82, 2.24) is 0 Å². The monoisotopic (exact) mass is 317 g/mol. The van der Waals surface area contributed by atoms with Gasteiger partial charge >= 0.3 is 6.18 Å². The van der Waals surface area contributed by atoms with Crippen LogP contribution in [0, 0.1) is 12.7 Å². The normalized spacial score (nSPS) is 11.5. The fraction of sp³-hybridized carbons (Fsp3) is 0.200. The number of hydrogen-bond donors (Lipinski definition) is 1. The lowest BCUT2D eigenvalue weighted by atomic mass is 10.1. The third-order valence-electron chi connectivity index (χ3n) is 3.07. The fourth-order valence-corrected chi connectivity index (χ4v) is 2.13. The van der Waals surface area contributed by atoms with Crippen LogP contribution in [0.1, 0.15) is 16.7 Å². The number of rotatable bonds is 3. The Bertz CT molecular complexity index is 653. The largest absolute Gasteiger partial charge is 0.416 e. The van der Waals surface area contributed by atoms with Gasteiger partial charge in [-0.05, 0) is 48.4 Å². The first-order valence-corrected chi connectivity index (χ1v) is 6.51. The minimum Gasteiger partial charge on any atom is -0.380 e. The molecule has 1 nitrogen and oxygen atoms in total. The number of aryl methyl sites for hydroxylation is 1. The Morgan fingerprint density at radius 1 is 1.10 bits per heavy atom. The van der Waals surface area contributed by atoms with Crippen molar-refractivity contribution in [2.24, 2.45) is 0 Å². The molecular weight excluding hydrogens is 306 g/mol. The highest BCUT2D eigenvalue weighted by molar-refractivity contribution is 6.33. The second-order valence-electron chi connectivity index (χ2n) is 4.62. The van der Waals surface area contributed by atoms with Crippen LogP contribution in [0.15, 0.2) is 36.4 Å². The van der Waals surface area contributed by atoms with E-state index in [1.807, 2.05) is 0 Å². The highest BCUT2D eigenvalue weighted by Crippen LogP contribution is 2.33. The van der Waals surface area contributed by atoms with E-state index in [1.54, 1.807) is 13.0 Å². The van der Waals surface area contributed by atoms with Gasteiger partial charge in [0.25, 0.3) is 0 Å². The molecule has 0 fully saturated rings. The Labute approximate surface area is 124 Å². The second kappa shape index (κ2) is 5.93. The molecule has 0 atom stereocenters. The summed E-state index contributed by atoms with van der Waals surface area (Å²) in [5, 5.41) is 2.94. The molecule has 6 heteroatoms. The molecule has 0 unspecified atom stereocenters. The molecule has 0 spiro atoms. The van der Waals surface area contributed by atoms with E-state index in [-0.39, 0.29) is 10.8 Å². The Kier molecular flexibility index (Phi) is 4.42. The van der Waals surface area contributed by atoms with Crippen molar-refractivity contribution in [2.75, 3.05) is 5.32 Å². The van der Waals surface area contributed by atoms with Crippen molar-refractivity contribution >= 4 is 17.3 Å². The highest BCUT2D eigenvalue weighted by atomic mass is 35.5. The summed E-state index contributed by atoms with van der Waals surface area (Å²) in [6.45, 7) is 2.10. The quantitative estimate of drug-likeness (QED) is 0.745. The van der Waals surface area contributed by atoms with Gasteiger partial charge in [-0.1, -0.05) is 17.7 Å². The summed E-state index contributed by atoms with van der Waals surface area (Å²) >= 11 is 5.84. The van der Waals surface area contributed by atoms with E-state index in [2.05, 4.69) is 5.32 Å². The van der Waals surface area contributed by atoms with Gasteiger partial charge in [0.2, 0.25) is 0 Å². The van der Waals surface area contributed by atoms with Gasteiger partial charge in [0.05, 0.1) is 16.3 Å². The van der Waals surface area contributed by atoms with Crippen LogP contribution < -0.4 is 5.32 Å². The van der Waals surface area contributed by atoms with Crippen LogP contribution in [0.2, 0.25) is 5.02 Å². The SMILES string of the molecule is Cc1cc(F)ccc1CNc1ccc(C(F)(F)F)cc1Cl. The third-order valence-corrected chi connectivity index (χ3v) is 3.38. The average Bonchev–Trinajstić information content (AvgIpc) is 2.38. The molecule has 0 amide bonds. The van der Waals surface area contributed by atoms with Crippen LogP contribution >= 0.6 is 11.6 Å².